The number of fused-ring (bicyclic) bond motifs is 3. The third kappa shape index (κ3) is 3.93. The first kappa shape index (κ1) is 19.7. The summed E-state index contributed by atoms with van der Waals surface area (Å²) in [6.07, 6.45) is 5.92. The molecule has 0 spiro atoms. The summed E-state index contributed by atoms with van der Waals surface area (Å²) in [5.74, 6) is 1.69. The molecule has 5 rings (SSSR count). The minimum atomic E-state index is -0.996. The van der Waals surface area contributed by atoms with Crippen molar-refractivity contribution >= 4 is 17.7 Å². The number of nitrogens with zero attached hydrogens (tertiary/aromatic N) is 6. The fraction of sp³-hybridized carbons (Fsp3) is 0.381. The number of aromatic nitrogens is 5. The molecule has 0 saturated heterocycles. The highest BCUT2D eigenvalue weighted by Crippen LogP contribution is 2.36. The van der Waals surface area contributed by atoms with E-state index in [1.165, 1.54) is 4.90 Å². The van der Waals surface area contributed by atoms with Crippen LogP contribution in [0.15, 0.2) is 36.7 Å². The fourth-order valence-corrected chi connectivity index (χ4v) is 4.55. The van der Waals surface area contributed by atoms with Crippen LogP contribution in [0.1, 0.15) is 48.8 Å². The average molecular weight is 441 g/mol. The van der Waals surface area contributed by atoms with Crippen LogP contribution in [0.3, 0.4) is 0 Å². The smallest absolute Gasteiger partial charge is 0.408 e. The Kier molecular flexibility index (Phi) is 5.19. The standard InChI is InChI=1S/C21H21ClN6O3/c22-15-4-7-17-14(10-15)11-27(21(29)30)12-18-25-26-19(28(17)18)13-2-5-16(6-3-13)31-20-23-8-1-9-24-20/h1,4,7-10,13,16H,2-3,5-6,11-12H2,(H,29,30)/t13-,16-. The molecule has 1 aromatic carbocycles. The predicted molar refractivity (Wildman–Crippen MR) is 111 cm³/mol. The number of hydrogen-bond acceptors (Lipinski definition) is 6. The molecule has 1 aliphatic carbocycles. The maximum atomic E-state index is 11.7. The third-order valence-corrected chi connectivity index (χ3v) is 6.09. The molecule has 0 unspecified atom stereocenters. The second-order valence-electron chi connectivity index (χ2n) is 7.84. The van der Waals surface area contributed by atoms with E-state index in [0.29, 0.717) is 16.9 Å². The van der Waals surface area contributed by atoms with Gasteiger partial charge in [0.05, 0.1) is 18.8 Å². The number of amides is 1. The van der Waals surface area contributed by atoms with Gasteiger partial charge in [0, 0.05) is 23.3 Å². The van der Waals surface area contributed by atoms with Gasteiger partial charge in [-0.05, 0) is 55.5 Å². The summed E-state index contributed by atoms with van der Waals surface area (Å²) in [6.45, 7) is 0.435. The van der Waals surface area contributed by atoms with E-state index >= 15 is 0 Å². The maximum absolute atomic E-state index is 11.7. The Balaban J connectivity index is 1.41. The molecule has 2 aliphatic rings. The van der Waals surface area contributed by atoms with Crippen molar-refractivity contribution < 1.29 is 14.6 Å². The Morgan fingerprint density at radius 1 is 1.10 bits per heavy atom. The van der Waals surface area contributed by atoms with Crippen LogP contribution in [-0.4, -0.2) is 46.9 Å². The lowest BCUT2D eigenvalue weighted by Gasteiger charge is -2.28. The van der Waals surface area contributed by atoms with Crippen molar-refractivity contribution in [2.24, 2.45) is 0 Å². The van der Waals surface area contributed by atoms with E-state index in [1.54, 1.807) is 18.5 Å². The van der Waals surface area contributed by atoms with E-state index < -0.39 is 6.09 Å². The van der Waals surface area contributed by atoms with E-state index in [1.807, 2.05) is 22.8 Å². The van der Waals surface area contributed by atoms with Crippen LogP contribution in [0.5, 0.6) is 6.01 Å². The molecule has 10 heteroatoms. The lowest BCUT2D eigenvalue weighted by molar-refractivity contribution is 0.132. The van der Waals surface area contributed by atoms with Gasteiger partial charge in [-0.2, -0.15) is 0 Å². The number of carbonyl (C=O) groups is 1. The molecule has 3 heterocycles. The summed E-state index contributed by atoms with van der Waals surface area (Å²) in [7, 11) is 0. The molecule has 1 saturated carbocycles. The van der Waals surface area contributed by atoms with Crippen LogP contribution in [0, 0.1) is 0 Å². The van der Waals surface area contributed by atoms with Crippen LogP contribution in [-0.2, 0) is 13.1 Å². The Morgan fingerprint density at radius 2 is 1.87 bits per heavy atom. The van der Waals surface area contributed by atoms with E-state index in [0.717, 1.165) is 42.8 Å². The van der Waals surface area contributed by atoms with Gasteiger partial charge < -0.3 is 9.84 Å². The molecule has 1 fully saturated rings. The van der Waals surface area contributed by atoms with E-state index in [4.69, 9.17) is 16.3 Å². The number of halogens is 1. The molecule has 0 bridgehead atoms. The molecule has 31 heavy (non-hydrogen) atoms. The van der Waals surface area contributed by atoms with Gasteiger partial charge in [-0.25, -0.2) is 14.8 Å². The summed E-state index contributed by atoms with van der Waals surface area (Å²) in [6, 6.07) is 7.71. The predicted octanol–water partition coefficient (Wildman–Crippen LogP) is 3.81. The molecule has 9 nitrogen and oxygen atoms in total. The monoisotopic (exact) mass is 440 g/mol. The van der Waals surface area contributed by atoms with Gasteiger partial charge in [-0.15, -0.1) is 10.2 Å². The van der Waals surface area contributed by atoms with Gasteiger partial charge in [-0.3, -0.25) is 9.47 Å². The molecule has 1 N–H and O–H groups in total. The van der Waals surface area contributed by atoms with Crippen LogP contribution >= 0.6 is 11.6 Å². The zero-order valence-corrected chi connectivity index (χ0v) is 17.4. The molecule has 0 radical (unpaired) electrons. The molecule has 1 amide bonds. The second-order valence-corrected chi connectivity index (χ2v) is 8.28. The number of ether oxygens (including phenoxy) is 1. The highest BCUT2D eigenvalue weighted by molar-refractivity contribution is 6.30. The normalized spacial score (nSPS) is 20.5. The van der Waals surface area contributed by atoms with Crippen molar-refractivity contribution in [2.75, 3.05) is 0 Å². The number of benzene rings is 1. The lowest BCUT2D eigenvalue weighted by Crippen LogP contribution is -2.28. The number of carboxylic acid groups (broad SMARTS) is 1. The zero-order chi connectivity index (χ0) is 21.4. The maximum Gasteiger partial charge on any atom is 0.408 e. The largest absolute Gasteiger partial charge is 0.465 e. The van der Waals surface area contributed by atoms with Crippen molar-refractivity contribution in [3.8, 4) is 11.7 Å². The van der Waals surface area contributed by atoms with Crippen molar-refractivity contribution in [2.45, 2.75) is 50.8 Å². The van der Waals surface area contributed by atoms with Crippen LogP contribution in [0.25, 0.3) is 5.69 Å². The van der Waals surface area contributed by atoms with Crippen LogP contribution < -0.4 is 4.74 Å². The van der Waals surface area contributed by atoms with E-state index in [-0.39, 0.29) is 25.1 Å². The summed E-state index contributed by atoms with van der Waals surface area (Å²) >= 11 is 6.20. The Bertz CT molecular complexity index is 1100. The first-order valence-corrected chi connectivity index (χ1v) is 10.6. The van der Waals surface area contributed by atoms with Gasteiger partial charge in [0.15, 0.2) is 5.82 Å². The quantitative estimate of drug-likeness (QED) is 0.659. The first-order valence-electron chi connectivity index (χ1n) is 10.2. The Labute approximate surface area is 183 Å². The fourth-order valence-electron chi connectivity index (χ4n) is 4.36. The van der Waals surface area contributed by atoms with E-state index in [9.17, 15) is 9.90 Å². The van der Waals surface area contributed by atoms with Gasteiger partial charge in [0.1, 0.15) is 11.9 Å². The molecule has 3 aromatic rings. The van der Waals surface area contributed by atoms with Crippen LogP contribution in [0.4, 0.5) is 4.79 Å². The van der Waals surface area contributed by atoms with Gasteiger partial charge in [-0.1, -0.05) is 11.6 Å². The third-order valence-electron chi connectivity index (χ3n) is 5.86. The summed E-state index contributed by atoms with van der Waals surface area (Å²) in [5, 5.41) is 19.0. The Morgan fingerprint density at radius 3 is 2.61 bits per heavy atom. The molecule has 2 aromatic heterocycles. The van der Waals surface area contributed by atoms with E-state index in [2.05, 4.69) is 20.2 Å². The van der Waals surface area contributed by atoms with Crippen molar-refractivity contribution in [1.82, 2.24) is 29.6 Å². The van der Waals surface area contributed by atoms with Crippen molar-refractivity contribution in [3.63, 3.8) is 0 Å². The number of hydrogen-bond donors (Lipinski definition) is 1. The van der Waals surface area contributed by atoms with Crippen LogP contribution in [0.2, 0.25) is 5.02 Å². The highest BCUT2D eigenvalue weighted by atomic mass is 35.5. The SMILES string of the molecule is O=C(O)N1Cc2cc(Cl)ccc2-n2c(nnc2[C@H]2CC[C@H](Oc3ncccn3)CC2)C1. The summed E-state index contributed by atoms with van der Waals surface area (Å²) in [4.78, 5) is 21.3. The second kappa shape index (κ2) is 8.14. The minimum absolute atomic E-state index is 0.0683. The average Bonchev–Trinajstić information content (AvgIpc) is 3.10. The number of rotatable bonds is 3. The van der Waals surface area contributed by atoms with Gasteiger partial charge >= 0.3 is 12.1 Å². The summed E-state index contributed by atoms with van der Waals surface area (Å²) in [5.41, 5.74) is 1.73. The van der Waals surface area contributed by atoms with Gasteiger partial charge in [0.25, 0.3) is 0 Å². The Hall–Kier alpha value is -3.20. The van der Waals surface area contributed by atoms with Crippen molar-refractivity contribution in [1.29, 1.82) is 0 Å². The zero-order valence-electron chi connectivity index (χ0n) is 16.7. The molecular weight excluding hydrogens is 420 g/mol. The first-order chi connectivity index (χ1) is 15.1. The lowest BCUT2D eigenvalue weighted by atomic mass is 9.86. The molecule has 160 valence electrons. The topological polar surface area (TPSA) is 106 Å². The van der Waals surface area contributed by atoms with Gasteiger partial charge in [0.2, 0.25) is 0 Å². The summed E-state index contributed by atoms with van der Waals surface area (Å²) < 4.78 is 7.93. The molecule has 1 aliphatic heterocycles. The highest BCUT2D eigenvalue weighted by Gasteiger charge is 2.32. The minimum Gasteiger partial charge on any atom is -0.465 e. The molecular formula is C21H21ClN6O3. The van der Waals surface area contributed by atoms with Crippen molar-refractivity contribution in [3.05, 3.63) is 58.9 Å². The molecule has 0 atom stereocenters.